The van der Waals surface area contributed by atoms with E-state index in [0.29, 0.717) is 19.1 Å². The highest BCUT2D eigenvalue weighted by atomic mass is 15.2. The van der Waals surface area contributed by atoms with Crippen LogP contribution < -0.4 is 5.32 Å². The molecular weight excluding hydrogens is 155 g/mol. The average Bonchev–Trinajstić information content (AvgIpc) is 1.79. The third-order valence-electron chi connectivity index (χ3n) is 2.13. The summed E-state index contributed by atoms with van der Waals surface area (Å²) in [5.41, 5.74) is 0. The summed E-state index contributed by atoms with van der Waals surface area (Å²) in [7, 11) is 23.0. The summed E-state index contributed by atoms with van der Waals surface area (Å²) in [5, 5.41) is 0.770. The van der Waals surface area contributed by atoms with Gasteiger partial charge in [-0.2, -0.15) is 0 Å². The maximum absolute atomic E-state index is 5.75. The highest BCUT2D eigenvalue weighted by molar-refractivity contribution is 6.44. The van der Waals surface area contributed by atoms with Gasteiger partial charge in [0.25, 0.3) is 0 Å². The van der Waals surface area contributed by atoms with E-state index >= 15 is 0 Å². The normalized spacial score (nSPS) is 27.6. The van der Waals surface area contributed by atoms with Crippen LogP contribution >= 0.6 is 0 Å². The van der Waals surface area contributed by atoms with Crippen LogP contribution in [0, 0.1) is 0 Å². The first-order valence-electron chi connectivity index (χ1n) is 4.41. The zero-order valence-electron chi connectivity index (χ0n) is 8.25. The van der Waals surface area contributed by atoms with Crippen molar-refractivity contribution in [1.82, 2.24) is 10.2 Å². The molecule has 0 unspecified atom stereocenters. The molecule has 0 amide bonds. The molecule has 1 heterocycles. The first-order chi connectivity index (χ1) is 5.72. The molecule has 0 aliphatic carbocycles. The van der Waals surface area contributed by atoms with Crippen molar-refractivity contribution in [1.29, 1.82) is 0 Å². The first kappa shape index (κ1) is 11.3. The molecule has 2 nitrogen and oxygen atoms in total. The fourth-order valence-electron chi connectivity index (χ4n) is 1.61. The molecule has 6 heteroatoms. The lowest BCUT2D eigenvalue weighted by Gasteiger charge is -2.51. The van der Waals surface area contributed by atoms with Crippen LogP contribution in [0.15, 0.2) is 0 Å². The van der Waals surface area contributed by atoms with Gasteiger partial charge in [0, 0.05) is 19.1 Å². The number of hydrogen-bond acceptors (Lipinski definition) is 2. The van der Waals surface area contributed by atoms with Gasteiger partial charge in [-0.1, -0.05) is 0 Å². The van der Waals surface area contributed by atoms with E-state index in [9.17, 15) is 0 Å². The topological polar surface area (TPSA) is 15.3 Å². The first-order valence-corrected chi connectivity index (χ1v) is 4.41. The van der Waals surface area contributed by atoms with Gasteiger partial charge >= 0.3 is 0 Å². The number of rotatable bonds is 1. The minimum absolute atomic E-state index is 0.333. The van der Waals surface area contributed by atoms with Gasteiger partial charge in [0.15, 0.2) is 0 Å². The van der Waals surface area contributed by atoms with Crippen molar-refractivity contribution in [3.63, 3.8) is 0 Å². The molecule has 0 aromatic heterocycles. The van der Waals surface area contributed by atoms with E-state index in [-0.39, 0.29) is 0 Å². The average molecular weight is 167 g/mol. The van der Waals surface area contributed by atoms with Crippen molar-refractivity contribution in [3.8, 4) is 0 Å². The molecule has 62 valence electrons. The highest BCUT2D eigenvalue weighted by Crippen LogP contribution is 2.15. The standard InChI is InChI=1S/C7H12B4N2/c1-5(2)13-3-6(8,9)12-7(10,11)4-13/h5,12H,3-4H2,1-2H3. The van der Waals surface area contributed by atoms with Gasteiger partial charge < -0.3 is 10.2 Å². The van der Waals surface area contributed by atoms with Gasteiger partial charge in [0.2, 0.25) is 0 Å². The predicted molar refractivity (Wildman–Crippen MR) is 58.3 cm³/mol. The minimum atomic E-state index is -1.01. The maximum Gasteiger partial charge on any atom is 0.0837 e. The number of piperazine rings is 1. The van der Waals surface area contributed by atoms with Crippen LogP contribution in [0.3, 0.4) is 0 Å². The van der Waals surface area contributed by atoms with E-state index in [0.717, 1.165) is 0 Å². The zero-order valence-corrected chi connectivity index (χ0v) is 8.25. The van der Waals surface area contributed by atoms with E-state index in [1.165, 1.54) is 0 Å². The van der Waals surface area contributed by atoms with Crippen LogP contribution in [-0.2, 0) is 0 Å². The van der Waals surface area contributed by atoms with Crippen molar-refractivity contribution in [3.05, 3.63) is 0 Å². The van der Waals surface area contributed by atoms with Crippen LogP contribution in [0.1, 0.15) is 13.8 Å². The van der Waals surface area contributed by atoms with Crippen molar-refractivity contribution >= 4 is 31.4 Å². The van der Waals surface area contributed by atoms with Crippen molar-refractivity contribution in [2.45, 2.75) is 30.6 Å². The summed E-state index contributed by atoms with van der Waals surface area (Å²) in [4.78, 5) is 2.05. The molecule has 1 saturated heterocycles. The summed E-state index contributed by atoms with van der Waals surface area (Å²) in [5.74, 6) is 0. The molecule has 0 spiro atoms. The number of nitrogens with zero attached hydrogens (tertiary/aromatic N) is 1. The smallest absolute Gasteiger partial charge is 0.0837 e. The molecule has 13 heavy (non-hydrogen) atoms. The molecule has 1 aliphatic rings. The van der Waals surface area contributed by atoms with Crippen molar-refractivity contribution in [2.75, 3.05) is 13.1 Å². The van der Waals surface area contributed by atoms with E-state index < -0.39 is 10.7 Å². The van der Waals surface area contributed by atoms with Crippen LogP contribution in [0.25, 0.3) is 0 Å². The van der Waals surface area contributed by atoms with Crippen LogP contribution in [0.2, 0.25) is 0 Å². The van der Waals surface area contributed by atoms with E-state index in [1.807, 2.05) is 0 Å². The summed E-state index contributed by atoms with van der Waals surface area (Å²) in [6.07, 6.45) is 0. The summed E-state index contributed by atoms with van der Waals surface area (Å²) in [6, 6.07) is 0.333. The Kier molecular flexibility index (Phi) is 2.94. The van der Waals surface area contributed by atoms with Crippen LogP contribution in [0.4, 0.5) is 0 Å². The Morgan fingerprint density at radius 3 is 1.77 bits per heavy atom. The molecule has 0 bridgehead atoms. The van der Waals surface area contributed by atoms with Gasteiger partial charge in [-0.05, 0) is 24.5 Å². The number of hydrogen-bond donors (Lipinski definition) is 1. The van der Waals surface area contributed by atoms with Crippen LogP contribution in [-0.4, -0.2) is 66.1 Å². The third kappa shape index (κ3) is 3.10. The quantitative estimate of drug-likeness (QED) is 0.468. The predicted octanol–water partition coefficient (Wildman–Crippen LogP) is -1.72. The van der Waals surface area contributed by atoms with Gasteiger partial charge in [-0.15, -0.1) is 0 Å². The Balaban J connectivity index is 2.72. The van der Waals surface area contributed by atoms with Gasteiger partial charge in [0.05, 0.1) is 31.4 Å². The van der Waals surface area contributed by atoms with Gasteiger partial charge in [-0.3, -0.25) is 0 Å². The summed E-state index contributed by atoms with van der Waals surface area (Å²) < 4.78 is 0. The van der Waals surface area contributed by atoms with Crippen molar-refractivity contribution in [2.24, 2.45) is 0 Å². The zero-order chi connectivity index (χ0) is 10.3. The largest absolute Gasteiger partial charge is 0.337 e. The fraction of sp³-hybridized carbons (Fsp3) is 1.00. The molecule has 1 rings (SSSR count). The lowest BCUT2D eigenvalue weighted by Crippen LogP contribution is -2.73. The molecule has 1 aliphatic heterocycles. The van der Waals surface area contributed by atoms with Crippen LogP contribution in [0.5, 0.6) is 0 Å². The molecule has 0 aromatic carbocycles. The second-order valence-electron chi connectivity index (χ2n) is 4.20. The Hall–Kier alpha value is 0.180. The minimum Gasteiger partial charge on any atom is -0.337 e. The van der Waals surface area contributed by atoms with E-state index in [2.05, 4.69) is 24.1 Å². The van der Waals surface area contributed by atoms with Gasteiger partial charge in [-0.25, -0.2) is 0 Å². The van der Waals surface area contributed by atoms with Crippen molar-refractivity contribution < 1.29 is 0 Å². The number of nitrogens with one attached hydrogen (secondary N) is 1. The molecule has 0 saturated carbocycles. The van der Waals surface area contributed by atoms with Gasteiger partial charge in [0.1, 0.15) is 0 Å². The van der Waals surface area contributed by atoms with E-state index in [1.54, 1.807) is 0 Å². The SMILES string of the molecule is [B]C1([B])CN(C(C)C)CC([B])([B])N1. The summed E-state index contributed by atoms with van der Waals surface area (Å²) >= 11 is 0. The fourth-order valence-corrected chi connectivity index (χ4v) is 1.61. The Labute approximate surface area is 85.8 Å². The molecular formula is C7H12B4N2. The second kappa shape index (κ2) is 3.39. The summed E-state index contributed by atoms with van der Waals surface area (Å²) in [6.45, 7) is 5.19. The molecule has 8 radical (unpaired) electrons. The Morgan fingerprint density at radius 2 is 1.46 bits per heavy atom. The third-order valence-corrected chi connectivity index (χ3v) is 2.13. The lowest BCUT2D eigenvalue weighted by atomic mass is 9.52. The van der Waals surface area contributed by atoms with E-state index in [4.69, 9.17) is 31.4 Å². The lowest BCUT2D eigenvalue weighted by molar-refractivity contribution is 0.150. The molecule has 1 N–H and O–H groups in total. The molecule has 1 fully saturated rings. The maximum atomic E-state index is 5.75. The molecule has 0 atom stereocenters. The molecule has 0 aromatic rings. The Morgan fingerprint density at radius 1 is 1.08 bits per heavy atom. The second-order valence-corrected chi connectivity index (χ2v) is 4.20. The Bertz CT molecular complexity index is 177. The monoisotopic (exact) mass is 168 g/mol. The highest BCUT2D eigenvalue weighted by Gasteiger charge is 2.35.